The number of benzene rings is 2. The number of carbonyl (C=O) groups is 2. The molecule has 2 rings (SSSR count). The Labute approximate surface area is 170 Å². The molecule has 2 aromatic rings. The number of rotatable bonds is 6. The van der Waals surface area contributed by atoms with Gasteiger partial charge in [0.25, 0.3) is 11.8 Å². The summed E-state index contributed by atoms with van der Waals surface area (Å²) in [5.74, 6) is -0.606. The summed E-state index contributed by atoms with van der Waals surface area (Å²) >= 11 is 23.7. The van der Waals surface area contributed by atoms with Crippen molar-refractivity contribution in [2.75, 3.05) is 20.2 Å². The van der Waals surface area contributed by atoms with Gasteiger partial charge >= 0.3 is 0 Å². The maximum atomic E-state index is 12.3. The molecule has 0 bridgehead atoms. The van der Waals surface area contributed by atoms with E-state index in [9.17, 15) is 9.59 Å². The third-order valence-corrected chi connectivity index (χ3v) is 4.72. The van der Waals surface area contributed by atoms with Crippen molar-refractivity contribution in [1.82, 2.24) is 10.6 Å². The van der Waals surface area contributed by atoms with Crippen molar-refractivity contribution < 1.29 is 14.3 Å². The highest BCUT2D eigenvalue weighted by Crippen LogP contribution is 2.33. The standard InChI is InChI=1S/C17H14Cl4N2O3/c1-26-15-12(20)5-4-11(19)14(15)17(25)23-7-6-22-16(24)9-2-3-10(18)13(21)8-9/h2-5,8H,6-7H2,1H3,(H,22,24)(H,23,25). The van der Waals surface area contributed by atoms with Crippen LogP contribution in [0.1, 0.15) is 20.7 Å². The Morgan fingerprint density at radius 3 is 2.04 bits per heavy atom. The molecule has 0 atom stereocenters. The number of halogens is 4. The van der Waals surface area contributed by atoms with Gasteiger partial charge in [0, 0.05) is 18.7 Å². The van der Waals surface area contributed by atoms with Crippen LogP contribution in [0.4, 0.5) is 0 Å². The summed E-state index contributed by atoms with van der Waals surface area (Å²) in [6, 6.07) is 7.60. The molecule has 0 heterocycles. The number of nitrogens with one attached hydrogen (secondary N) is 2. The monoisotopic (exact) mass is 434 g/mol. The summed E-state index contributed by atoms with van der Waals surface area (Å²) in [5, 5.41) is 6.44. The van der Waals surface area contributed by atoms with Gasteiger partial charge < -0.3 is 15.4 Å². The van der Waals surface area contributed by atoms with Gasteiger partial charge in [0.05, 0.1) is 27.2 Å². The molecule has 0 saturated carbocycles. The van der Waals surface area contributed by atoms with Crippen molar-refractivity contribution in [3.05, 3.63) is 61.5 Å². The number of ether oxygens (including phenoxy) is 1. The molecule has 0 saturated heterocycles. The number of carbonyl (C=O) groups excluding carboxylic acids is 2. The summed E-state index contributed by atoms with van der Waals surface area (Å²) in [6.07, 6.45) is 0. The number of amides is 2. The first-order valence-corrected chi connectivity index (χ1v) is 8.89. The zero-order valence-corrected chi connectivity index (χ0v) is 16.6. The number of hydrogen-bond donors (Lipinski definition) is 2. The summed E-state index contributed by atoms with van der Waals surface area (Å²) < 4.78 is 5.13. The fraction of sp³-hybridized carbons (Fsp3) is 0.176. The van der Waals surface area contributed by atoms with E-state index in [-0.39, 0.29) is 45.4 Å². The van der Waals surface area contributed by atoms with E-state index in [2.05, 4.69) is 10.6 Å². The first kappa shape index (κ1) is 20.6. The van der Waals surface area contributed by atoms with Crippen molar-refractivity contribution in [2.24, 2.45) is 0 Å². The van der Waals surface area contributed by atoms with E-state index in [1.54, 1.807) is 6.07 Å². The number of methoxy groups -OCH3 is 1. The van der Waals surface area contributed by atoms with Gasteiger partial charge in [0.15, 0.2) is 5.75 Å². The SMILES string of the molecule is COc1c(Cl)ccc(Cl)c1C(=O)NCCNC(=O)c1ccc(Cl)c(Cl)c1. The van der Waals surface area contributed by atoms with Crippen molar-refractivity contribution in [3.63, 3.8) is 0 Å². The third-order valence-electron chi connectivity index (χ3n) is 3.37. The second-order valence-electron chi connectivity index (χ2n) is 5.08. The molecule has 5 nitrogen and oxygen atoms in total. The predicted octanol–water partition coefficient (Wildman–Crippen LogP) is 4.47. The topological polar surface area (TPSA) is 67.4 Å². The Hall–Kier alpha value is -1.66. The van der Waals surface area contributed by atoms with Crippen LogP contribution in [0.5, 0.6) is 5.75 Å². The fourth-order valence-electron chi connectivity index (χ4n) is 2.12. The average molecular weight is 436 g/mol. The van der Waals surface area contributed by atoms with Crippen LogP contribution in [0.15, 0.2) is 30.3 Å². The van der Waals surface area contributed by atoms with Gasteiger partial charge in [-0.1, -0.05) is 46.4 Å². The van der Waals surface area contributed by atoms with Crippen LogP contribution in [-0.4, -0.2) is 32.0 Å². The van der Waals surface area contributed by atoms with Gasteiger partial charge in [-0.3, -0.25) is 9.59 Å². The smallest absolute Gasteiger partial charge is 0.256 e. The fourth-order valence-corrected chi connectivity index (χ4v) is 2.89. The third kappa shape index (κ3) is 4.95. The molecule has 2 N–H and O–H groups in total. The molecule has 0 aliphatic carbocycles. The quantitative estimate of drug-likeness (QED) is 0.657. The normalized spacial score (nSPS) is 10.3. The molecular weight excluding hydrogens is 422 g/mol. The molecule has 138 valence electrons. The molecule has 0 spiro atoms. The lowest BCUT2D eigenvalue weighted by atomic mass is 10.2. The minimum atomic E-state index is -0.460. The van der Waals surface area contributed by atoms with E-state index in [0.717, 1.165) is 0 Å². The van der Waals surface area contributed by atoms with E-state index < -0.39 is 5.91 Å². The highest BCUT2D eigenvalue weighted by atomic mass is 35.5. The van der Waals surface area contributed by atoms with Crippen LogP contribution >= 0.6 is 46.4 Å². The zero-order chi connectivity index (χ0) is 19.3. The maximum absolute atomic E-state index is 12.3. The van der Waals surface area contributed by atoms with Gasteiger partial charge in [-0.15, -0.1) is 0 Å². The van der Waals surface area contributed by atoms with Gasteiger partial charge in [-0.2, -0.15) is 0 Å². The van der Waals surface area contributed by atoms with E-state index in [1.165, 1.54) is 31.4 Å². The van der Waals surface area contributed by atoms with Crippen LogP contribution < -0.4 is 15.4 Å². The largest absolute Gasteiger partial charge is 0.494 e. The second-order valence-corrected chi connectivity index (χ2v) is 6.71. The predicted molar refractivity (Wildman–Crippen MR) is 104 cm³/mol. The Morgan fingerprint density at radius 1 is 0.846 bits per heavy atom. The summed E-state index contributed by atoms with van der Waals surface area (Å²) in [4.78, 5) is 24.4. The van der Waals surface area contributed by atoms with Crippen molar-refractivity contribution >= 4 is 58.2 Å². The molecule has 0 aliphatic rings. The maximum Gasteiger partial charge on any atom is 0.256 e. The Morgan fingerprint density at radius 2 is 1.42 bits per heavy atom. The van der Waals surface area contributed by atoms with Gasteiger partial charge in [-0.25, -0.2) is 0 Å². The van der Waals surface area contributed by atoms with E-state index in [0.29, 0.717) is 10.6 Å². The molecular formula is C17H14Cl4N2O3. The van der Waals surface area contributed by atoms with Crippen LogP contribution in [0.25, 0.3) is 0 Å². The lowest BCUT2D eigenvalue weighted by Crippen LogP contribution is -2.35. The molecule has 0 aliphatic heterocycles. The Bertz CT molecular complexity index is 843. The molecule has 26 heavy (non-hydrogen) atoms. The van der Waals surface area contributed by atoms with Gasteiger partial charge in [0.1, 0.15) is 5.56 Å². The van der Waals surface area contributed by atoms with Crippen molar-refractivity contribution in [2.45, 2.75) is 0 Å². The van der Waals surface area contributed by atoms with Crippen LogP contribution in [-0.2, 0) is 0 Å². The summed E-state index contributed by atoms with van der Waals surface area (Å²) in [5.41, 5.74) is 0.503. The average Bonchev–Trinajstić information content (AvgIpc) is 2.62. The molecule has 2 amide bonds. The lowest BCUT2D eigenvalue weighted by Gasteiger charge is -2.12. The van der Waals surface area contributed by atoms with Crippen molar-refractivity contribution in [3.8, 4) is 5.75 Å². The molecule has 9 heteroatoms. The first-order chi connectivity index (χ1) is 12.3. The summed E-state index contributed by atoms with van der Waals surface area (Å²) in [7, 11) is 1.39. The lowest BCUT2D eigenvalue weighted by molar-refractivity contribution is 0.0926. The van der Waals surface area contributed by atoms with Gasteiger partial charge in [0.2, 0.25) is 0 Å². The van der Waals surface area contributed by atoms with Gasteiger partial charge in [-0.05, 0) is 30.3 Å². The second kappa shape index (κ2) is 9.33. The van der Waals surface area contributed by atoms with Crippen LogP contribution in [0, 0.1) is 0 Å². The highest BCUT2D eigenvalue weighted by molar-refractivity contribution is 6.42. The summed E-state index contributed by atoms with van der Waals surface area (Å²) in [6.45, 7) is 0.378. The van der Waals surface area contributed by atoms with E-state index >= 15 is 0 Å². The van der Waals surface area contributed by atoms with Crippen LogP contribution in [0.2, 0.25) is 20.1 Å². The Kier molecular flexibility index (Phi) is 7.41. The minimum absolute atomic E-state index is 0.137. The first-order valence-electron chi connectivity index (χ1n) is 7.38. The van der Waals surface area contributed by atoms with E-state index in [4.69, 9.17) is 51.1 Å². The molecule has 0 unspecified atom stereocenters. The van der Waals surface area contributed by atoms with Crippen molar-refractivity contribution in [1.29, 1.82) is 0 Å². The molecule has 0 fully saturated rings. The minimum Gasteiger partial charge on any atom is -0.494 e. The Balaban J connectivity index is 1.92. The molecule has 0 aromatic heterocycles. The zero-order valence-electron chi connectivity index (χ0n) is 13.5. The number of hydrogen-bond acceptors (Lipinski definition) is 3. The molecule has 2 aromatic carbocycles. The van der Waals surface area contributed by atoms with Crippen LogP contribution in [0.3, 0.4) is 0 Å². The molecule has 0 radical (unpaired) electrons. The highest BCUT2D eigenvalue weighted by Gasteiger charge is 2.19. The van der Waals surface area contributed by atoms with E-state index in [1.807, 2.05) is 0 Å².